The number of nitrogens with one attached hydrogen (secondary N) is 1. The first-order chi connectivity index (χ1) is 12.6. The monoisotopic (exact) mass is 412 g/mol. The molecule has 1 amide bonds. The number of fused-ring (bicyclic) bond motifs is 1. The van der Waals surface area contributed by atoms with Gasteiger partial charge in [-0.15, -0.1) is 0 Å². The number of carbonyl (C=O) groups is 1. The lowest BCUT2D eigenvalue weighted by atomic mass is 10.2. The summed E-state index contributed by atoms with van der Waals surface area (Å²) in [7, 11) is 0. The Kier molecular flexibility index (Phi) is 4.18. The van der Waals surface area contributed by atoms with Gasteiger partial charge in [0.1, 0.15) is 5.75 Å². The number of hydrogen-bond donors (Lipinski definition) is 2. The number of nitrogens with zero attached hydrogens (tertiary/aromatic N) is 2. The molecule has 130 valence electrons. The molecule has 3 N–H and O–H groups in total. The first kappa shape index (κ1) is 16.3. The summed E-state index contributed by atoms with van der Waals surface area (Å²) in [4.78, 5) is 18.4. The molecule has 0 spiro atoms. The minimum absolute atomic E-state index is 0.166. The molecule has 2 heterocycles. The Hall–Kier alpha value is -3.13. The number of nitrogens with two attached hydrogens (primary N) is 1. The van der Waals surface area contributed by atoms with Crippen molar-refractivity contribution < 1.29 is 14.1 Å². The van der Waals surface area contributed by atoms with Gasteiger partial charge in [-0.2, -0.15) is 4.98 Å². The summed E-state index contributed by atoms with van der Waals surface area (Å²) >= 11 is 3.46. The Bertz CT molecular complexity index is 1090. The van der Waals surface area contributed by atoms with E-state index in [-0.39, 0.29) is 6.61 Å². The topological polar surface area (TPSA) is 107 Å². The van der Waals surface area contributed by atoms with E-state index in [1.807, 2.05) is 24.3 Å². The predicted octanol–water partition coefficient (Wildman–Crippen LogP) is 3.51. The molecule has 2 aromatic heterocycles. The highest BCUT2D eigenvalue weighted by molar-refractivity contribution is 9.10. The smallest absolute Gasteiger partial charge is 0.258 e. The highest BCUT2D eigenvalue weighted by Gasteiger charge is 2.13. The van der Waals surface area contributed by atoms with Crippen LogP contribution in [0.5, 0.6) is 5.75 Å². The first-order valence-electron chi connectivity index (χ1n) is 7.72. The Labute approximate surface area is 156 Å². The van der Waals surface area contributed by atoms with Crippen LogP contribution in [-0.2, 0) is 4.79 Å². The van der Waals surface area contributed by atoms with E-state index in [0.29, 0.717) is 17.5 Å². The van der Waals surface area contributed by atoms with E-state index >= 15 is 0 Å². The molecule has 0 atom stereocenters. The molecular weight excluding hydrogens is 400 g/mol. The summed E-state index contributed by atoms with van der Waals surface area (Å²) in [5.74, 6) is 0.872. The summed E-state index contributed by atoms with van der Waals surface area (Å²) in [6, 6.07) is 14.9. The zero-order chi connectivity index (χ0) is 18.1. The average molecular weight is 413 g/mol. The maximum absolute atomic E-state index is 10.7. The van der Waals surface area contributed by atoms with E-state index in [4.69, 9.17) is 15.0 Å². The van der Waals surface area contributed by atoms with Crippen molar-refractivity contribution in [3.63, 3.8) is 0 Å². The number of benzene rings is 2. The molecule has 0 aliphatic rings. The van der Waals surface area contributed by atoms with Crippen LogP contribution in [-0.4, -0.2) is 27.6 Å². The minimum atomic E-state index is -0.527. The van der Waals surface area contributed by atoms with Crippen LogP contribution in [0.1, 0.15) is 0 Å². The van der Waals surface area contributed by atoms with Crippen molar-refractivity contribution in [1.82, 2.24) is 15.1 Å². The summed E-state index contributed by atoms with van der Waals surface area (Å²) in [5, 5.41) is 5.09. The molecule has 8 heteroatoms. The van der Waals surface area contributed by atoms with Gasteiger partial charge in [0.2, 0.25) is 5.82 Å². The molecule has 0 aliphatic heterocycles. The van der Waals surface area contributed by atoms with Crippen molar-refractivity contribution >= 4 is 32.7 Å². The van der Waals surface area contributed by atoms with Crippen LogP contribution in [0.15, 0.2) is 57.5 Å². The molecule has 4 rings (SSSR count). The van der Waals surface area contributed by atoms with Gasteiger partial charge >= 0.3 is 0 Å². The SMILES string of the molecule is NC(=O)COc1ccc(-c2nc(-c3cc4cc(Br)ccc4[nH]3)no2)cc1. The average Bonchev–Trinajstić information content (AvgIpc) is 3.26. The van der Waals surface area contributed by atoms with Gasteiger partial charge in [-0.3, -0.25) is 4.79 Å². The number of hydrogen-bond acceptors (Lipinski definition) is 5. The van der Waals surface area contributed by atoms with E-state index in [9.17, 15) is 4.79 Å². The number of amides is 1. The van der Waals surface area contributed by atoms with Crippen molar-refractivity contribution in [2.24, 2.45) is 5.73 Å². The highest BCUT2D eigenvalue weighted by Crippen LogP contribution is 2.27. The van der Waals surface area contributed by atoms with Crippen LogP contribution in [0, 0.1) is 0 Å². The molecule has 2 aromatic carbocycles. The Morgan fingerprint density at radius 2 is 2.00 bits per heavy atom. The van der Waals surface area contributed by atoms with Gasteiger partial charge in [-0.25, -0.2) is 0 Å². The standard InChI is InChI=1S/C18H13BrN4O3/c19-12-3-6-14-11(7-12)8-15(21-14)17-22-18(26-23-17)10-1-4-13(5-2-10)25-9-16(20)24/h1-8,21H,9H2,(H2,20,24). The number of ether oxygens (including phenoxy) is 1. The van der Waals surface area contributed by atoms with Crippen molar-refractivity contribution in [3.8, 4) is 28.7 Å². The Balaban J connectivity index is 1.57. The number of primary amides is 1. The fourth-order valence-corrected chi connectivity index (χ4v) is 2.90. The van der Waals surface area contributed by atoms with E-state index in [0.717, 1.165) is 26.6 Å². The summed E-state index contributed by atoms with van der Waals surface area (Å²) in [6.07, 6.45) is 0. The molecule has 0 aliphatic carbocycles. The van der Waals surface area contributed by atoms with E-state index in [1.165, 1.54) is 0 Å². The van der Waals surface area contributed by atoms with Crippen LogP contribution >= 0.6 is 15.9 Å². The normalized spacial score (nSPS) is 11.0. The van der Waals surface area contributed by atoms with Crippen molar-refractivity contribution in [2.75, 3.05) is 6.61 Å². The zero-order valence-electron chi connectivity index (χ0n) is 13.4. The molecule has 26 heavy (non-hydrogen) atoms. The quantitative estimate of drug-likeness (QED) is 0.521. The van der Waals surface area contributed by atoms with E-state index in [2.05, 4.69) is 31.1 Å². The lowest BCUT2D eigenvalue weighted by molar-refractivity contribution is -0.119. The van der Waals surface area contributed by atoms with Crippen molar-refractivity contribution in [1.29, 1.82) is 0 Å². The number of H-pyrrole nitrogens is 1. The number of aromatic amines is 1. The van der Waals surface area contributed by atoms with Gasteiger partial charge in [0.25, 0.3) is 11.8 Å². The van der Waals surface area contributed by atoms with Gasteiger partial charge in [-0.1, -0.05) is 21.1 Å². The van der Waals surface area contributed by atoms with E-state index < -0.39 is 5.91 Å². The highest BCUT2D eigenvalue weighted by atomic mass is 79.9. The molecule has 0 unspecified atom stereocenters. The van der Waals surface area contributed by atoms with Gasteiger partial charge in [-0.05, 0) is 48.5 Å². The maximum atomic E-state index is 10.7. The summed E-state index contributed by atoms with van der Waals surface area (Å²) in [5.41, 5.74) is 7.56. The molecule has 4 aromatic rings. The number of halogens is 1. The van der Waals surface area contributed by atoms with Crippen LogP contribution in [0.3, 0.4) is 0 Å². The van der Waals surface area contributed by atoms with Crippen molar-refractivity contribution in [3.05, 3.63) is 53.0 Å². The second kappa shape index (κ2) is 6.64. The fraction of sp³-hybridized carbons (Fsp3) is 0.0556. The maximum Gasteiger partial charge on any atom is 0.258 e. The molecule has 0 radical (unpaired) electrons. The minimum Gasteiger partial charge on any atom is -0.484 e. The van der Waals surface area contributed by atoms with Gasteiger partial charge in [0.05, 0.1) is 5.69 Å². The zero-order valence-corrected chi connectivity index (χ0v) is 15.0. The van der Waals surface area contributed by atoms with Crippen LogP contribution < -0.4 is 10.5 Å². The fourth-order valence-electron chi connectivity index (χ4n) is 2.52. The Morgan fingerprint density at radius 3 is 2.77 bits per heavy atom. The van der Waals surface area contributed by atoms with Crippen LogP contribution in [0.25, 0.3) is 33.9 Å². The Morgan fingerprint density at radius 1 is 1.19 bits per heavy atom. The second-order valence-corrected chi connectivity index (χ2v) is 6.53. The molecule has 0 saturated heterocycles. The van der Waals surface area contributed by atoms with Gasteiger partial charge in [0, 0.05) is 20.9 Å². The van der Waals surface area contributed by atoms with Gasteiger partial charge < -0.3 is 20.0 Å². The summed E-state index contributed by atoms with van der Waals surface area (Å²) in [6.45, 7) is -0.166. The van der Waals surface area contributed by atoms with Crippen LogP contribution in [0.4, 0.5) is 0 Å². The number of aromatic nitrogens is 3. The third kappa shape index (κ3) is 3.31. The third-order valence-corrected chi connectivity index (χ3v) is 4.23. The number of carbonyl (C=O) groups excluding carboxylic acids is 1. The second-order valence-electron chi connectivity index (χ2n) is 5.62. The third-order valence-electron chi connectivity index (χ3n) is 3.73. The summed E-state index contributed by atoms with van der Waals surface area (Å²) < 4.78 is 11.6. The molecule has 7 nitrogen and oxygen atoms in total. The lowest BCUT2D eigenvalue weighted by Crippen LogP contribution is -2.19. The van der Waals surface area contributed by atoms with Gasteiger partial charge in [0.15, 0.2) is 6.61 Å². The molecule has 0 fully saturated rings. The lowest BCUT2D eigenvalue weighted by Gasteiger charge is -2.03. The first-order valence-corrected chi connectivity index (χ1v) is 8.52. The van der Waals surface area contributed by atoms with E-state index in [1.54, 1.807) is 24.3 Å². The predicted molar refractivity (Wildman–Crippen MR) is 99.4 cm³/mol. The van der Waals surface area contributed by atoms with Crippen LogP contribution in [0.2, 0.25) is 0 Å². The molecule has 0 saturated carbocycles. The largest absolute Gasteiger partial charge is 0.484 e. The van der Waals surface area contributed by atoms with Crippen molar-refractivity contribution in [2.45, 2.75) is 0 Å². The molecular formula is C18H13BrN4O3. The number of rotatable bonds is 5. The molecule has 0 bridgehead atoms.